The van der Waals surface area contributed by atoms with E-state index in [2.05, 4.69) is 9.97 Å². The largest absolute Gasteiger partial charge is 0.293 e. The van der Waals surface area contributed by atoms with Crippen molar-refractivity contribution in [2.24, 2.45) is 0 Å². The monoisotopic (exact) mass is 218 g/mol. The fourth-order valence-electron chi connectivity index (χ4n) is 1.24. The number of carbonyl (C=O) groups is 1. The Morgan fingerprint density at radius 1 is 1.40 bits per heavy atom. The van der Waals surface area contributed by atoms with Gasteiger partial charge in [0.2, 0.25) is 0 Å². The van der Waals surface area contributed by atoms with Gasteiger partial charge in [-0.3, -0.25) is 9.78 Å². The molecule has 0 unspecified atom stereocenters. The van der Waals surface area contributed by atoms with E-state index < -0.39 is 0 Å². The average molecular weight is 218 g/mol. The van der Waals surface area contributed by atoms with Crippen LogP contribution < -0.4 is 0 Å². The lowest BCUT2D eigenvalue weighted by atomic mass is 10.2. The van der Waals surface area contributed by atoms with Crippen molar-refractivity contribution in [3.8, 4) is 0 Å². The number of rotatable bonds is 3. The van der Waals surface area contributed by atoms with Crippen molar-refractivity contribution in [2.75, 3.05) is 0 Å². The predicted octanol–water partition coefficient (Wildman–Crippen LogP) is 2.27. The highest BCUT2D eigenvalue weighted by molar-refractivity contribution is 7.13. The van der Waals surface area contributed by atoms with E-state index in [0.717, 1.165) is 10.7 Å². The van der Waals surface area contributed by atoms with Crippen molar-refractivity contribution < 1.29 is 4.79 Å². The van der Waals surface area contributed by atoms with Crippen LogP contribution in [-0.2, 0) is 6.42 Å². The fourth-order valence-corrected chi connectivity index (χ4v) is 1.96. The summed E-state index contributed by atoms with van der Waals surface area (Å²) in [5, 5.41) is 0.916. The molecule has 2 aromatic heterocycles. The first-order valence-corrected chi connectivity index (χ1v) is 5.43. The molecule has 0 saturated heterocycles. The number of thiazole rings is 1. The van der Waals surface area contributed by atoms with Gasteiger partial charge in [0.15, 0.2) is 5.78 Å². The maximum Gasteiger partial charge on any atom is 0.180 e. The normalized spacial score (nSPS) is 10.2. The van der Waals surface area contributed by atoms with Crippen LogP contribution in [0, 0.1) is 6.92 Å². The Labute approximate surface area is 91.8 Å². The van der Waals surface area contributed by atoms with Gasteiger partial charge in [0, 0.05) is 18.1 Å². The van der Waals surface area contributed by atoms with E-state index in [-0.39, 0.29) is 5.78 Å². The van der Waals surface area contributed by atoms with E-state index in [1.54, 1.807) is 12.4 Å². The first kappa shape index (κ1) is 9.98. The molecule has 3 nitrogen and oxygen atoms in total. The van der Waals surface area contributed by atoms with Gasteiger partial charge >= 0.3 is 0 Å². The molecule has 2 heterocycles. The van der Waals surface area contributed by atoms with E-state index in [1.807, 2.05) is 25.1 Å². The van der Waals surface area contributed by atoms with E-state index >= 15 is 0 Å². The van der Waals surface area contributed by atoms with Crippen LogP contribution in [0.1, 0.15) is 20.4 Å². The van der Waals surface area contributed by atoms with Crippen molar-refractivity contribution in [3.05, 3.63) is 46.2 Å². The van der Waals surface area contributed by atoms with Gasteiger partial charge in [-0.2, -0.15) is 0 Å². The van der Waals surface area contributed by atoms with Gasteiger partial charge in [0.1, 0.15) is 0 Å². The molecule has 76 valence electrons. The quantitative estimate of drug-likeness (QED) is 0.742. The Hall–Kier alpha value is -1.55. The minimum atomic E-state index is 0.0827. The third kappa shape index (κ3) is 2.47. The van der Waals surface area contributed by atoms with E-state index in [1.165, 1.54) is 11.3 Å². The lowest BCUT2D eigenvalue weighted by Gasteiger charge is -1.96. The zero-order valence-electron chi connectivity index (χ0n) is 8.30. The molecule has 0 aromatic carbocycles. The van der Waals surface area contributed by atoms with Gasteiger partial charge < -0.3 is 0 Å². The number of pyridine rings is 1. The Bertz CT molecular complexity index is 464. The zero-order valence-corrected chi connectivity index (χ0v) is 9.12. The number of carbonyl (C=O) groups excluding carboxylic acids is 1. The third-order valence-corrected chi connectivity index (χ3v) is 2.92. The molecule has 0 aliphatic carbocycles. The number of ketones is 1. The highest BCUT2D eigenvalue weighted by Gasteiger charge is 2.10. The summed E-state index contributed by atoms with van der Waals surface area (Å²) >= 11 is 1.43. The fraction of sp³-hybridized carbons (Fsp3) is 0.182. The van der Waals surface area contributed by atoms with Crippen molar-refractivity contribution in [1.29, 1.82) is 0 Å². The van der Waals surface area contributed by atoms with E-state index in [9.17, 15) is 4.79 Å². The summed E-state index contributed by atoms with van der Waals surface area (Å²) in [4.78, 5) is 20.6. The first-order chi connectivity index (χ1) is 7.25. The second-order valence-electron chi connectivity index (χ2n) is 3.16. The van der Waals surface area contributed by atoms with Gasteiger partial charge in [0.05, 0.1) is 16.3 Å². The van der Waals surface area contributed by atoms with Crippen LogP contribution in [0.15, 0.2) is 30.6 Å². The van der Waals surface area contributed by atoms with Gasteiger partial charge in [0.25, 0.3) is 0 Å². The second-order valence-corrected chi connectivity index (χ2v) is 4.40. The van der Waals surface area contributed by atoms with E-state index in [0.29, 0.717) is 11.3 Å². The molecule has 15 heavy (non-hydrogen) atoms. The second kappa shape index (κ2) is 4.31. The zero-order chi connectivity index (χ0) is 10.7. The van der Waals surface area contributed by atoms with Crippen molar-refractivity contribution in [1.82, 2.24) is 9.97 Å². The van der Waals surface area contributed by atoms with Crippen molar-refractivity contribution in [3.63, 3.8) is 0 Å². The molecule has 0 spiro atoms. The number of aromatic nitrogens is 2. The summed E-state index contributed by atoms with van der Waals surface area (Å²) in [6, 6.07) is 5.57. The van der Waals surface area contributed by atoms with Crippen molar-refractivity contribution in [2.45, 2.75) is 13.3 Å². The standard InChI is InChI=1S/C11H10N2OS/c1-8-13-7-11(15-8)10(14)6-9-4-2-3-5-12-9/h2-5,7H,6H2,1H3. The summed E-state index contributed by atoms with van der Waals surface area (Å²) in [7, 11) is 0. The molecular weight excluding hydrogens is 208 g/mol. The number of nitrogens with zero attached hydrogens (tertiary/aromatic N) is 2. The molecule has 0 atom stereocenters. The number of Topliss-reactive ketones (excluding diaryl/α,β-unsaturated/α-hetero) is 1. The molecule has 4 heteroatoms. The lowest BCUT2D eigenvalue weighted by Crippen LogP contribution is -2.02. The molecule has 2 aromatic rings. The molecular formula is C11H10N2OS. The average Bonchev–Trinajstić information content (AvgIpc) is 2.66. The van der Waals surface area contributed by atoms with Crippen LogP contribution in [0.2, 0.25) is 0 Å². The number of aryl methyl sites for hydroxylation is 1. The maximum atomic E-state index is 11.8. The molecule has 0 saturated carbocycles. The number of hydrogen-bond donors (Lipinski definition) is 0. The minimum absolute atomic E-state index is 0.0827. The predicted molar refractivity (Wildman–Crippen MR) is 59.1 cm³/mol. The SMILES string of the molecule is Cc1ncc(C(=O)Cc2ccccn2)s1. The summed E-state index contributed by atoms with van der Waals surface area (Å²) in [6.07, 6.45) is 3.67. The Balaban J connectivity index is 2.11. The van der Waals surface area contributed by atoms with Crippen LogP contribution in [0.3, 0.4) is 0 Å². The summed E-state index contributed by atoms with van der Waals surface area (Å²) in [5.41, 5.74) is 0.800. The Kier molecular flexibility index (Phi) is 2.87. The molecule has 0 radical (unpaired) electrons. The minimum Gasteiger partial charge on any atom is -0.293 e. The van der Waals surface area contributed by atoms with Crippen LogP contribution in [0.5, 0.6) is 0 Å². The lowest BCUT2D eigenvalue weighted by molar-refractivity contribution is 0.0995. The van der Waals surface area contributed by atoms with Gasteiger partial charge in [-0.1, -0.05) is 6.07 Å². The third-order valence-electron chi connectivity index (χ3n) is 1.96. The van der Waals surface area contributed by atoms with Crippen LogP contribution in [-0.4, -0.2) is 15.8 Å². The van der Waals surface area contributed by atoms with E-state index in [4.69, 9.17) is 0 Å². The number of hydrogen-bond acceptors (Lipinski definition) is 4. The highest BCUT2D eigenvalue weighted by Crippen LogP contribution is 2.13. The van der Waals surface area contributed by atoms with Gasteiger partial charge in [-0.05, 0) is 19.1 Å². The molecule has 0 bridgehead atoms. The summed E-state index contributed by atoms with van der Waals surface area (Å²) in [6.45, 7) is 1.89. The topological polar surface area (TPSA) is 42.9 Å². The summed E-state index contributed by atoms with van der Waals surface area (Å²) in [5.74, 6) is 0.0827. The molecule has 0 amide bonds. The first-order valence-electron chi connectivity index (χ1n) is 4.61. The van der Waals surface area contributed by atoms with Crippen LogP contribution in [0.4, 0.5) is 0 Å². The van der Waals surface area contributed by atoms with Crippen molar-refractivity contribution >= 4 is 17.1 Å². The smallest absolute Gasteiger partial charge is 0.180 e. The Morgan fingerprint density at radius 2 is 2.27 bits per heavy atom. The molecule has 0 fully saturated rings. The summed E-state index contributed by atoms with van der Waals surface area (Å²) < 4.78 is 0. The Morgan fingerprint density at radius 3 is 2.87 bits per heavy atom. The maximum absolute atomic E-state index is 11.8. The van der Waals surface area contributed by atoms with Gasteiger partial charge in [-0.15, -0.1) is 11.3 Å². The molecule has 2 rings (SSSR count). The van der Waals surface area contributed by atoms with Crippen LogP contribution >= 0.6 is 11.3 Å². The molecule has 0 aliphatic rings. The highest BCUT2D eigenvalue weighted by atomic mass is 32.1. The van der Waals surface area contributed by atoms with Crippen LogP contribution in [0.25, 0.3) is 0 Å². The van der Waals surface area contributed by atoms with Gasteiger partial charge in [-0.25, -0.2) is 4.98 Å². The molecule has 0 N–H and O–H groups in total. The molecule has 0 aliphatic heterocycles.